The van der Waals surface area contributed by atoms with Gasteiger partial charge in [0, 0.05) is 5.69 Å². The summed E-state index contributed by atoms with van der Waals surface area (Å²) >= 11 is 0. The maximum atomic E-state index is 9.69. The second kappa shape index (κ2) is 11.4. The molecule has 0 spiro atoms. The molecule has 0 fully saturated rings. The molecule has 1 N–H and O–H groups in total. The summed E-state index contributed by atoms with van der Waals surface area (Å²) in [5.41, 5.74) is 5.40. The lowest BCUT2D eigenvalue weighted by molar-refractivity contribution is 0.256. The third kappa shape index (κ3) is 6.27. The fraction of sp³-hybridized carbons (Fsp3) is 0.100. The molecule has 0 bridgehead atoms. The largest absolute Gasteiger partial charge is 0.485 e. The minimum absolute atomic E-state index is 0.419. The number of aryl methyl sites for hydroxylation is 1. The molecule has 0 unspecified atom stereocenters. The Hall–Kier alpha value is -4.49. The molecule has 0 aliphatic heterocycles. The van der Waals surface area contributed by atoms with Crippen molar-refractivity contribution in [3.05, 3.63) is 131 Å². The van der Waals surface area contributed by atoms with E-state index in [9.17, 15) is 5.26 Å². The van der Waals surface area contributed by atoms with Gasteiger partial charge in [-0.15, -0.1) is 0 Å². The molecule has 4 aromatic rings. The van der Waals surface area contributed by atoms with Gasteiger partial charge in [-0.1, -0.05) is 84.9 Å². The number of hydrogen-bond donors (Lipinski definition) is 1. The van der Waals surface area contributed by atoms with Crippen molar-refractivity contribution in [2.45, 2.75) is 20.1 Å². The van der Waals surface area contributed by atoms with Gasteiger partial charge in [0.25, 0.3) is 0 Å². The van der Waals surface area contributed by atoms with Crippen LogP contribution < -0.4 is 14.8 Å². The average molecular weight is 447 g/mol. The Labute approximate surface area is 200 Å². The van der Waals surface area contributed by atoms with Crippen molar-refractivity contribution in [2.24, 2.45) is 0 Å². The van der Waals surface area contributed by atoms with E-state index in [2.05, 4.69) is 11.4 Å². The van der Waals surface area contributed by atoms with E-state index in [4.69, 9.17) is 9.47 Å². The van der Waals surface area contributed by atoms with Gasteiger partial charge < -0.3 is 14.8 Å². The number of anilines is 1. The maximum Gasteiger partial charge on any atom is 0.162 e. The zero-order valence-electron chi connectivity index (χ0n) is 19.1. The Morgan fingerprint density at radius 3 is 1.97 bits per heavy atom. The number of para-hydroxylation sites is 1. The second-order valence-corrected chi connectivity index (χ2v) is 7.86. The molecule has 0 saturated heterocycles. The van der Waals surface area contributed by atoms with E-state index in [1.807, 2.05) is 116 Å². The molecule has 4 rings (SSSR count). The van der Waals surface area contributed by atoms with Crippen LogP contribution in [0.3, 0.4) is 0 Å². The fourth-order valence-corrected chi connectivity index (χ4v) is 3.44. The third-order valence-electron chi connectivity index (χ3n) is 5.29. The highest BCUT2D eigenvalue weighted by molar-refractivity contribution is 5.67. The van der Waals surface area contributed by atoms with E-state index < -0.39 is 0 Å². The van der Waals surface area contributed by atoms with Gasteiger partial charge in [0.1, 0.15) is 25.0 Å². The van der Waals surface area contributed by atoms with Crippen LogP contribution in [0.4, 0.5) is 5.69 Å². The lowest BCUT2D eigenvalue weighted by Crippen LogP contribution is -2.01. The van der Waals surface area contributed by atoms with Crippen LogP contribution in [0.15, 0.2) is 109 Å². The lowest BCUT2D eigenvalue weighted by Gasteiger charge is -2.14. The molecule has 0 amide bonds. The van der Waals surface area contributed by atoms with E-state index in [0.717, 1.165) is 27.9 Å². The molecular weight excluding hydrogens is 420 g/mol. The van der Waals surface area contributed by atoms with E-state index in [1.165, 1.54) is 0 Å². The second-order valence-electron chi connectivity index (χ2n) is 7.86. The Kier molecular flexibility index (Phi) is 7.61. The molecule has 0 radical (unpaired) electrons. The summed E-state index contributed by atoms with van der Waals surface area (Å²) in [4.78, 5) is 0. The first kappa shape index (κ1) is 22.7. The Balaban J connectivity index is 1.57. The average Bonchev–Trinajstić information content (AvgIpc) is 2.89. The molecule has 4 heteroatoms. The predicted octanol–water partition coefficient (Wildman–Crippen LogP) is 7.13. The first-order valence-electron chi connectivity index (χ1n) is 11.1. The number of hydrogen-bond acceptors (Lipinski definition) is 4. The van der Waals surface area contributed by atoms with Crippen molar-refractivity contribution in [3.8, 4) is 17.6 Å². The Morgan fingerprint density at radius 1 is 0.765 bits per heavy atom. The zero-order valence-corrected chi connectivity index (χ0v) is 19.1. The molecule has 0 heterocycles. The van der Waals surface area contributed by atoms with Crippen molar-refractivity contribution in [3.63, 3.8) is 0 Å². The SMILES string of the molecule is Cc1ccccc1NC(C#N)=Cc1ccc(OCc2ccccc2)c(OCc2ccccc2)c1. The summed E-state index contributed by atoms with van der Waals surface area (Å²) in [5, 5.41) is 12.9. The first-order valence-corrected chi connectivity index (χ1v) is 11.1. The molecule has 0 aromatic heterocycles. The number of nitriles is 1. The van der Waals surface area contributed by atoms with Gasteiger partial charge >= 0.3 is 0 Å². The summed E-state index contributed by atoms with van der Waals surface area (Å²) in [6, 6.07) is 35.8. The topological polar surface area (TPSA) is 54.3 Å². The quantitative estimate of drug-likeness (QED) is 0.278. The van der Waals surface area contributed by atoms with E-state index >= 15 is 0 Å². The number of nitrogens with zero attached hydrogens (tertiary/aromatic N) is 1. The lowest BCUT2D eigenvalue weighted by atomic mass is 10.1. The van der Waals surface area contributed by atoms with Crippen LogP contribution in [0.25, 0.3) is 6.08 Å². The highest BCUT2D eigenvalue weighted by atomic mass is 16.5. The van der Waals surface area contributed by atoms with Crippen molar-refractivity contribution in [2.75, 3.05) is 5.32 Å². The van der Waals surface area contributed by atoms with Crippen molar-refractivity contribution < 1.29 is 9.47 Å². The van der Waals surface area contributed by atoms with Gasteiger partial charge in [0.15, 0.2) is 11.5 Å². The van der Waals surface area contributed by atoms with Crippen LogP contribution in [-0.2, 0) is 13.2 Å². The summed E-state index contributed by atoms with van der Waals surface area (Å²) in [7, 11) is 0. The van der Waals surface area contributed by atoms with E-state index in [-0.39, 0.29) is 0 Å². The monoisotopic (exact) mass is 446 g/mol. The number of ether oxygens (including phenoxy) is 2. The molecule has 4 aromatic carbocycles. The number of rotatable bonds is 9. The van der Waals surface area contributed by atoms with Gasteiger partial charge in [-0.3, -0.25) is 0 Å². The molecule has 0 aliphatic rings. The summed E-state index contributed by atoms with van der Waals surface area (Å²) in [6.07, 6.45) is 1.81. The van der Waals surface area contributed by atoms with Crippen LogP contribution in [0, 0.1) is 18.3 Å². The van der Waals surface area contributed by atoms with Crippen molar-refractivity contribution in [1.29, 1.82) is 5.26 Å². The molecule has 0 aliphatic carbocycles. The molecular formula is C30H26N2O2. The van der Waals surface area contributed by atoms with Crippen molar-refractivity contribution >= 4 is 11.8 Å². The van der Waals surface area contributed by atoms with Crippen LogP contribution in [0.1, 0.15) is 22.3 Å². The highest BCUT2D eigenvalue weighted by Crippen LogP contribution is 2.31. The van der Waals surface area contributed by atoms with Crippen LogP contribution in [0.2, 0.25) is 0 Å². The van der Waals surface area contributed by atoms with Gasteiger partial charge in [-0.25, -0.2) is 0 Å². The molecule has 34 heavy (non-hydrogen) atoms. The Morgan fingerprint density at radius 2 is 1.35 bits per heavy atom. The summed E-state index contributed by atoms with van der Waals surface area (Å²) in [6.45, 7) is 2.87. The zero-order chi connectivity index (χ0) is 23.6. The van der Waals surface area contributed by atoms with Gasteiger partial charge in [-0.05, 0) is 53.5 Å². The van der Waals surface area contributed by atoms with Crippen LogP contribution in [-0.4, -0.2) is 0 Å². The van der Waals surface area contributed by atoms with Crippen LogP contribution >= 0.6 is 0 Å². The van der Waals surface area contributed by atoms with E-state index in [0.29, 0.717) is 30.4 Å². The summed E-state index contributed by atoms with van der Waals surface area (Å²) in [5.74, 6) is 1.28. The third-order valence-corrected chi connectivity index (χ3v) is 5.29. The van der Waals surface area contributed by atoms with E-state index in [1.54, 1.807) is 0 Å². The van der Waals surface area contributed by atoms with Crippen LogP contribution in [0.5, 0.6) is 11.5 Å². The molecule has 4 nitrogen and oxygen atoms in total. The minimum atomic E-state index is 0.419. The predicted molar refractivity (Wildman–Crippen MR) is 136 cm³/mol. The number of benzene rings is 4. The molecule has 0 saturated carbocycles. The van der Waals surface area contributed by atoms with Gasteiger partial charge in [0.2, 0.25) is 0 Å². The normalized spacial score (nSPS) is 10.9. The smallest absolute Gasteiger partial charge is 0.162 e. The standard InChI is InChI=1S/C30H26N2O2/c1-23-10-8-9-15-28(23)32-27(20-31)18-26-16-17-29(33-21-24-11-4-2-5-12-24)30(19-26)34-22-25-13-6-3-7-14-25/h2-19,32H,21-22H2,1H3. The Bertz CT molecular complexity index is 1290. The molecule has 0 atom stereocenters. The maximum absolute atomic E-state index is 9.69. The highest BCUT2D eigenvalue weighted by Gasteiger charge is 2.09. The van der Waals surface area contributed by atoms with Crippen molar-refractivity contribution in [1.82, 2.24) is 0 Å². The fourth-order valence-electron chi connectivity index (χ4n) is 3.44. The minimum Gasteiger partial charge on any atom is -0.485 e. The number of allylic oxidation sites excluding steroid dienone is 1. The first-order chi connectivity index (χ1) is 16.7. The van der Waals surface area contributed by atoms with Gasteiger partial charge in [-0.2, -0.15) is 5.26 Å². The number of nitrogens with one attached hydrogen (secondary N) is 1. The summed E-state index contributed by atoms with van der Waals surface area (Å²) < 4.78 is 12.2. The van der Waals surface area contributed by atoms with Gasteiger partial charge in [0.05, 0.1) is 0 Å². The molecule has 168 valence electrons.